The summed E-state index contributed by atoms with van der Waals surface area (Å²) in [5.74, 6) is 0. The molecule has 1 N–H and O–H groups in total. The Morgan fingerprint density at radius 1 is 1.39 bits per heavy atom. The monoisotopic (exact) mass is 270 g/mol. The molecule has 0 radical (unpaired) electrons. The van der Waals surface area contributed by atoms with Crippen molar-refractivity contribution in [3.63, 3.8) is 0 Å². The number of nitrogens with zero attached hydrogens (tertiary/aromatic N) is 1. The number of cyclic esters (lactones) is 1. The van der Waals surface area contributed by atoms with Crippen LogP contribution in [0.15, 0.2) is 35.2 Å². The Labute approximate surface area is 106 Å². The minimum atomic E-state index is -3.54. The molecule has 1 aromatic rings. The number of hydrogen-bond donors (Lipinski definition) is 1. The van der Waals surface area contributed by atoms with E-state index in [0.29, 0.717) is 6.54 Å². The van der Waals surface area contributed by atoms with Gasteiger partial charge in [-0.25, -0.2) is 17.9 Å². The molecule has 1 fully saturated rings. The van der Waals surface area contributed by atoms with Gasteiger partial charge in [-0.2, -0.15) is 0 Å². The van der Waals surface area contributed by atoms with Crippen LogP contribution in [-0.2, 0) is 14.8 Å². The first-order valence-corrected chi connectivity index (χ1v) is 6.94. The van der Waals surface area contributed by atoms with Crippen LogP contribution in [0.4, 0.5) is 4.79 Å². The predicted molar refractivity (Wildman–Crippen MR) is 64.5 cm³/mol. The number of benzene rings is 1. The highest BCUT2D eigenvalue weighted by atomic mass is 32.2. The standard InChI is InChI=1S/C11H14N2O4S/c1-13-8-9(17-11(13)14)7-12-18(15,16)10-5-3-2-4-6-10/h2-6,9,12H,7-8H2,1H3. The van der Waals surface area contributed by atoms with Crippen molar-refractivity contribution in [2.45, 2.75) is 11.0 Å². The van der Waals surface area contributed by atoms with E-state index in [2.05, 4.69) is 4.72 Å². The van der Waals surface area contributed by atoms with Gasteiger partial charge < -0.3 is 9.64 Å². The summed E-state index contributed by atoms with van der Waals surface area (Å²) in [6.07, 6.45) is -0.875. The number of hydrogen-bond acceptors (Lipinski definition) is 4. The summed E-state index contributed by atoms with van der Waals surface area (Å²) >= 11 is 0. The summed E-state index contributed by atoms with van der Waals surface area (Å²) in [5.41, 5.74) is 0. The maximum absolute atomic E-state index is 11.9. The quantitative estimate of drug-likeness (QED) is 0.860. The molecule has 6 nitrogen and oxygen atoms in total. The summed E-state index contributed by atoms with van der Waals surface area (Å²) in [6.45, 7) is 0.462. The number of amides is 1. The molecule has 2 rings (SSSR count). The van der Waals surface area contributed by atoms with Crippen LogP contribution in [0.1, 0.15) is 0 Å². The summed E-state index contributed by atoms with van der Waals surface area (Å²) in [5, 5.41) is 0. The van der Waals surface area contributed by atoms with Gasteiger partial charge >= 0.3 is 6.09 Å². The fraction of sp³-hybridized carbons (Fsp3) is 0.364. The number of ether oxygens (including phenoxy) is 1. The molecule has 1 saturated heterocycles. The van der Waals surface area contributed by atoms with Gasteiger partial charge in [-0.15, -0.1) is 0 Å². The van der Waals surface area contributed by atoms with Gasteiger partial charge in [0.15, 0.2) is 0 Å². The van der Waals surface area contributed by atoms with E-state index in [1.54, 1.807) is 25.2 Å². The zero-order valence-corrected chi connectivity index (χ0v) is 10.7. The topological polar surface area (TPSA) is 75.7 Å². The van der Waals surface area contributed by atoms with Crippen molar-refractivity contribution in [2.24, 2.45) is 0 Å². The Balaban J connectivity index is 1.97. The van der Waals surface area contributed by atoms with Crippen molar-refractivity contribution in [1.29, 1.82) is 0 Å². The molecular formula is C11H14N2O4S. The third-order valence-electron chi connectivity index (χ3n) is 2.61. The van der Waals surface area contributed by atoms with Crippen molar-refractivity contribution in [1.82, 2.24) is 9.62 Å². The Morgan fingerprint density at radius 3 is 2.61 bits per heavy atom. The van der Waals surface area contributed by atoms with Gasteiger partial charge in [0.1, 0.15) is 6.10 Å². The largest absolute Gasteiger partial charge is 0.443 e. The minimum absolute atomic E-state index is 0.0767. The van der Waals surface area contributed by atoms with Gasteiger partial charge in [-0.05, 0) is 12.1 Å². The number of nitrogens with one attached hydrogen (secondary N) is 1. The third-order valence-corrected chi connectivity index (χ3v) is 4.05. The first-order chi connectivity index (χ1) is 8.49. The maximum Gasteiger partial charge on any atom is 0.410 e. The van der Waals surface area contributed by atoms with Crippen molar-refractivity contribution >= 4 is 16.1 Å². The maximum atomic E-state index is 11.9. The van der Waals surface area contributed by atoms with Crippen LogP contribution in [0.2, 0.25) is 0 Å². The first kappa shape index (κ1) is 12.8. The molecule has 0 saturated carbocycles. The van der Waals surface area contributed by atoms with Crippen LogP contribution in [0, 0.1) is 0 Å². The van der Waals surface area contributed by atoms with Gasteiger partial charge in [-0.3, -0.25) is 0 Å². The Kier molecular flexibility index (Phi) is 3.53. The number of rotatable bonds is 4. The van der Waals surface area contributed by atoms with Crippen LogP contribution in [-0.4, -0.2) is 45.7 Å². The van der Waals surface area contributed by atoms with Crippen LogP contribution in [0.3, 0.4) is 0 Å². The molecule has 1 aromatic carbocycles. The molecule has 0 aromatic heterocycles. The molecule has 1 heterocycles. The van der Waals surface area contributed by atoms with Gasteiger partial charge in [0.2, 0.25) is 10.0 Å². The Morgan fingerprint density at radius 2 is 2.06 bits per heavy atom. The Hall–Kier alpha value is -1.60. The second kappa shape index (κ2) is 4.95. The highest BCUT2D eigenvalue weighted by Crippen LogP contribution is 2.10. The molecule has 1 unspecified atom stereocenters. The van der Waals surface area contributed by atoms with Crippen LogP contribution in [0.25, 0.3) is 0 Å². The highest BCUT2D eigenvalue weighted by molar-refractivity contribution is 7.89. The van der Waals surface area contributed by atoms with E-state index in [1.807, 2.05) is 0 Å². The highest BCUT2D eigenvalue weighted by Gasteiger charge is 2.29. The molecule has 98 valence electrons. The van der Waals surface area contributed by atoms with Crippen LogP contribution < -0.4 is 4.72 Å². The van der Waals surface area contributed by atoms with Crippen LogP contribution >= 0.6 is 0 Å². The second-order valence-corrected chi connectivity index (χ2v) is 5.82. The molecule has 1 atom stereocenters. The third kappa shape index (κ3) is 2.80. The van der Waals surface area contributed by atoms with Gasteiger partial charge in [0, 0.05) is 13.6 Å². The summed E-state index contributed by atoms with van der Waals surface area (Å²) in [6, 6.07) is 8.06. The molecule has 1 aliphatic rings. The lowest BCUT2D eigenvalue weighted by Gasteiger charge is -2.10. The lowest BCUT2D eigenvalue weighted by Crippen LogP contribution is -2.34. The molecule has 1 amide bonds. The van der Waals surface area contributed by atoms with E-state index in [4.69, 9.17) is 4.74 Å². The predicted octanol–water partition coefficient (Wildman–Crippen LogP) is 0.415. The average Bonchev–Trinajstić information content (AvgIpc) is 2.68. The van der Waals surface area contributed by atoms with E-state index in [1.165, 1.54) is 17.0 Å². The number of carbonyl (C=O) groups excluding carboxylic acids is 1. The fourth-order valence-electron chi connectivity index (χ4n) is 1.64. The van der Waals surface area contributed by atoms with Crippen molar-refractivity contribution in [3.8, 4) is 0 Å². The van der Waals surface area contributed by atoms with E-state index < -0.39 is 22.2 Å². The minimum Gasteiger partial charge on any atom is -0.443 e. The van der Waals surface area contributed by atoms with E-state index in [9.17, 15) is 13.2 Å². The van der Waals surface area contributed by atoms with E-state index in [0.717, 1.165) is 0 Å². The molecule has 1 aliphatic heterocycles. The van der Waals surface area contributed by atoms with Crippen molar-refractivity contribution in [2.75, 3.05) is 20.1 Å². The summed E-state index contributed by atoms with van der Waals surface area (Å²) in [7, 11) is -1.94. The molecular weight excluding hydrogens is 256 g/mol. The normalized spacial score (nSPS) is 19.9. The van der Waals surface area contributed by atoms with Gasteiger partial charge in [0.25, 0.3) is 0 Å². The smallest absolute Gasteiger partial charge is 0.410 e. The summed E-state index contributed by atoms with van der Waals surface area (Å²) in [4.78, 5) is 12.7. The first-order valence-electron chi connectivity index (χ1n) is 5.45. The van der Waals surface area contributed by atoms with Crippen molar-refractivity contribution in [3.05, 3.63) is 30.3 Å². The Bertz CT molecular complexity index is 529. The zero-order chi connectivity index (χ0) is 13.2. The van der Waals surface area contributed by atoms with Crippen molar-refractivity contribution < 1.29 is 17.9 Å². The van der Waals surface area contributed by atoms with Crippen LogP contribution in [0.5, 0.6) is 0 Å². The van der Waals surface area contributed by atoms with E-state index in [-0.39, 0.29) is 11.4 Å². The average molecular weight is 270 g/mol. The number of sulfonamides is 1. The second-order valence-electron chi connectivity index (χ2n) is 4.05. The zero-order valence-electron chi connectivity index (χ0n) is 9.87. The lowest BCUT2D eigenvalue weighted by atomic mass is 10.4. The molecule has 18 heavy (non-hydrogen) atoms. The number of carbonyl (C=O) groups is 1. The van der Waals surface area contributed by atoms with Gasteiger partial charge in [0.05, 0.1) is 11.4 Å². The number of likely N-dealkylation sites (N-methyl/N-ethyl adjacent to an activating group) is 1. The molecule has 0 aliphatic carbocycles. The SMILES string of the molecule is CN1CC(CNS(=O)(=O)c2ccccc2)OC1=O. The molecule has 0 spiro atoms. The fourth-order valence-corrected chi connectivity index (χ4v) is 2.73. The molecule has 0 bridgehead atoms. The van der Waals surface area contributed by atoms with Gasteiger partial charge in [-0.1, -0.05) is 18.2 Å². The lowest BCUT2D eigenvalue weighted by molar-refractivity contribution is 0.135. The molecule has 7 heteroatoms. The summed E-state index contributed by atoms with van der Waals surface area (Å²) < 4.78 is 31.2. The van der Waals surface area contributed by atoms with E-state index >= 15 is 0 Å².